The number of carbonyl (C=O) groups is 2. The molecule has 1 amide bonds. The molecule has 5 heteroatoms. The number of carbonyl (C=O) groups excluding carboxylic acids is 2. The van der Waals surface area contributed by atoms with Gasteiger partial charge >= 0.3 is 5.97 Å². The largest absolute Gasteiger partial charge is 0.464 e. The number of esters is 1. The van der Waals surface area contributed by atoms with Crippen LogP contribution in [0.5, 0.6) is 0 Å². The summed E-state index contributed by atoms with van der Waals surface area (Å²) in [6, 6.07) is 3.24. The van der Waals surface area contributed by atoms with Crippen molar-refractivity contribution in [2.24, 2.45) is 0 Å². The predicted molar refractivity (Wildman–Crippen MR) is 54.5 cm³/mol. The number of hydrogen-bond acceptors (Lipinski definition) is 4. The fourth-order valence-electron chi connectivity index (χ4n) is 1.00. The van der Waals surface area contributed by atoms with Gasteiger partial charge in [-0.15, -0.1) is 0 Å². The molecule has 15 heavy (non-hydrogen) atoms. The number of aromatic nitrogens is 1. The van der Waals surface area contributed by atoms with Crippen LogP contribution in [0.4, 0.5) is 5.69 Å². The highest BCUT2D eigenvalue weighted by molar-refractivity contribution is 5.99. The Morgan fingerprint density at radius 3 is 2.87 bits per heavy atom. The normalized spacial score (nSPS) is 9.47. The predicted octanol–water partition coefficient (Wildman–Crippen LogP) is 1.22. The van der Waals surface area contributed by atoms with E-state index in [1.807, 2.05) is 0 Å². The van der Waals surface area contributed by atoms with Crippen molar-refractivity contribution in [1.29, 1.82) is 0 Å². The van der Waals surface area contributed by atoms with Crippen LogP contribution < -0.4 is 5.32 Å². The first-order valence-corrected chi connectivity index (χ1v) is 4.52. The van der Waals surface area contributed by atoms with Crippen molar-refractivity contribution < 1.29 is 14.3 Å². The van der Waals surface area contributed by atoms with E-state index >= 15 is 0 Å². The van der Waals surface area contributed by atoms with Crippen molar-refractivity contribution in [3.8, 4) is 0 Å². The number of nitrogens with one attached hydrogen (secondary N) is 1. The van der Waals surface area contributed by atoms with Crippen LogP contribution >= 0.6 is 0 Å². The first-order chi connectivity index (χ1) is 7.19. The maximum Gasteiger partial charge on any atom is 0.358 e. The van der Waals surface area contributed by atoms with Gasteiger partial charge < -0.3 is 10.1 Å². The van der Waals surface area contributed by atoms with Crippen LogP contribution in [0.1, 0.15) is 23.8 Å². The minimum Gasteiger partial charge on any atom is -0.464 e. The Morgan fingerprint density at radius 1 is 1.53 bits per heavy atom. The smallest absolute Gasteiger partial charge is 0.358 e. The second kappa shape index (κ2) is 5.09. The molecule has 1 heterocycles. The molecule has 1 aromatic rings. The van der Waals surface area contributed by atoms with Crippen LogP contribution in [0.2, 0.25) is 0 Å². The van der Waals surface area contributed by atoms with Crippen molar-refractivity contribution in [2.75, 3.05) is 12.4 Å². The van der Waals surface area contributed by atoms with Gasteiger partial charge in [-0.2, -0.15) is 0 Å². The van der Waals surface area contributed by atoms with E-state index in [2.05, 4.69) is 15.0 Å². The van der Waals surface area contributed by atoms with Crippen molar-refractivity contribution in [1.82, 2.24) is 4.98 Å². The molecule has 1 N–H and O–H groups in total. The Hall–Kier alpha value is -1.91. The van der Waals surface area contributed by atoms with Crippen LogP contribution in [0, 0.1) is 0 Å². The molecule has 0 unspecified atom stereocenters. The Morgan fingerprint density at radius 2 is 2.27 bits per heavy atom. The van der Waals surface area contributed by atoms with Gasteiger partial charge in [0.2, 0.25) is 5.91 Å². The van der Waals surface area contributed by atoms with Gasteiger partial charge in [0.05, 0.1) is 12.8 Å². The van der Waals surface area contributed by atoms with Crippen LogP contribution in [0.25, 0.3) is 0 Å². The van der Waals surface area contributed by atoms with Gasteiger partial charge in [0.15, 0.2) is 5.69 Å². The Labute approximate surface area is 87.5 Å². The zero-order valence-electron chi connectivity index (χ0n) is 8.61. The quantitative estimate of drug-likeness (QED) is 0.758. The molecule has 0 aliphatic heterocycles. The third kappa shape index (κ3) is 2.77. The topological polar surface area (TPSA) is 68.3 Å². The molecule has 0 aliphatic rings. The van der Waals surface area contributed by atoms with Gasteiger partial charge in [0.25, 0.3) is 0 Å². The number of pyridine rings is 1. The van der Waals surface area contributed by atoms with E-state index in [1.54, 1.807) is 19.1 Å². The molecule has 0 aromatic carbocycles. The number of amides is 1. The molecule has 0 fully saturated rings. The van der Waals surface area contributed by atoms with E-state index < -0.39 is 5.97 Å². The van der Waals surface area contributed by atoms with Crippen LogP contribution in [0.3, 0.4) is 0 Å². The number of ether oxygens (including phenoxy) is 1. The van der Waals surface area contributed by atoms with Crippen LogP contribution in [0.15, 0.2) is 18.3 Å². The molecular weight excluding hydrogens is 196 g/mol. The first kappa shape index (κ1) is 11.2. The molecule has 1 aromatic heterocycles. The van der Waals surface area contributed by atoms with Crippen LogP contribution in [-0.4, -0.2) is 24.0 Å². The molecule has 0 bridgehead atoms. The second-order valence-corrected chi connectivity index (χ2v) is 2.79. The highest BCUT2D eigenvalue weighted by atomic mass is 16.5. The standard InChI is InChI=1S/C10H12N2O3/c1-3-8(13)12-7-5-4-6-11-9(7)10(14)15-2/h4-6H,3H2,1-2H3,(H,12,13). The minimum absolute atomic E-state index is 0.113. The summed E-state index contributed by atoms with van der Waals surface area (Å²) in [4.78, 5) is 26.3. The lowest BCUT2D eigenvalue weighted by Crippen LogP contribution is -2.15. The first-order valence-electron chi connectivity index (χ1n) is 4.52. The van der Waals surface area contributed by atoms with E-state index in [0.29, 0.717) is 12.1 Å². The molecule has 0 aliphatic carbocycles. The van der Waals surface area contributed by atoms with Crippen molar-refractivity contribution >= 4 is 17.6 Å². The molecule has 0 atom stereocenters. The van der Waals surface area contributed by atoms with E-state index in [0.717, 1.165) is 0 Å². The summed E-state index contributed by atoms with van der Waals surface area (Å²) in [6.07, 6.45) is 1.81. The summed E-state index contributed by atoms with van der Waals surface area (Å²) in [6.45, 7) is 1.73. The third-order valence-corrected chi connectivity index (χ3v) is 1.78. The highest BCUT2D eigenvalue weighted by Gasteiger charge is 2.13. The fraction of sp³-hybridized carbons (Fsp3) is 0.300. The molecule has 0 spiro atoms. The van der Waals surface area contributed by atoms with E-state index in [-0.39, 0.29) is 11.6 Å². The molecule has 0 saturated heterocycles. The zero-order valence-corrected chi connectivity index (χ0v) is 8.61. The van der Waals surface area contributed by atoms with Gasteiger partial charge in [0.1, 0.15) is 0 Å². The lowest BCUT2D eigenvalue weighted by molar-refractivity contribution is -0.115. The summed E-state index contributed by atoms with van der Waals surface area (Å²) < 4.78 is 4.54. The van der Waals surface area contributed by atoms with Gasteiger partial charge in [-0.3, -0.25) is 4.79 Å². The Balaban J connectivity index is 2.96. The maximum absolute atomic E-state index is 11.3. The highest BCUT2D eigenvalue weighted by Crippen LogP contribution is 2.13. The third-order valence-electron chi connectivity index (χ3n) is 1.78. The summed E-state index contributed by atoms with van der Waals surface area (Å²) in [5.41, 5.74) is 0.484. The SMILES string of the molecule is CCC(=O)Nc1cccnc1C(=O)OC. The second-order valence-electron chi connectivity index (χ2n) is 2.79. The van der Waals surface area contributed by atoms with Gasteiger partial charge in [0, 0.05) is 12.6 Å². The number of methoxy groups -OCH3 is 1. The summed E-state index contributed by atoms with van der Waals surface area (Å²) >= 11 is 0. The lowest BCUT2D eigenvalue weighted by atomic mass is 10.3. The number of rotatable bonds is 3. The van der Waals surface area contributed by atoms with E-state index in [9.17, 15) is 9.59 Å². The van der Waals surface area contributed by atoms with Gasteiger partial charge in [-0.1, -0.05) is 6.92 Å². The summed E-state index contributed by atoms with van der Waals surface area (Å²) in [5, 5.41) is 2.57. The van der Waals surface area contributed by atoms with Crippen molar-refractivity contribution in [3.63, 3.8) is 0 Å². The molecule has 80 valence electrons. The Bertz CT molecular complexity index is 377. The van der Waals surface area contributed by atoms with Crippen molar-refractivity contribution in [3.05, 3.63) is 24.0 Å². The van der Waals surface area contributed by atoms with Gasteiger partial charge in [-0.05, 0) is 12.1 Å². The number of hydrogen-bond donors (Lipinski definition) is 1. The van der Waals surface area contributed by atoms with Gasteiger partial charge in [-0.25, -0.2) is 9.78 Å². The monoisotopic (exact) mass is 208 g/mol. The van der Waals surface area contributed by atoms with E-state index in [1.165, 1.54) is 13.3 Å². The summed E-state index contributed by atoms with van der Waals surface area (Å²) in [7, 11) is 1.27. The van der Waals surface area contributed by atoms with E-state index in [4.69, 9.17) is 0 Å². The number of anilines is 1. The zero-order chi connectivity index (χ0) is 11.3. The molecule has 0 radical (unpaired) electrons. The van der Waals surface area contributed by atoms with Crippen LogP contribution in [-0.2, 0) is 9.53 Å². The number of nitrogens with zero attached hydrogens (tertiary/aromatic N) is 1. The average Bonchev–Trinajstić information content (AvgIpc) is 2.28. The molecule has 0 saturated carbocycles. The molecular formula is C10H12N2O3. The molecule has 1 rings (SSSR count). The minimum atomic E-state index is -0.568. The average molecular weight is 208 g/mol. The van der Waals surface area contributed by atoms with Crippen molar-refractivity contribution in [2.45, 2.75) is 13.3 Å². The molecule has 5 nitrogen and oxygen atoms in total. The fourth-order valence-corrected chi connectivity index (χ4v) is 1.00. The maximum atomic E-state index is 11.3. The lowest BCUT2D eigenvalue weighted by Gasteiger charge is -2.07. The Kier molecular flexibility index (Phi) is 3.79. The summed E-state index contributed by atoms with van der Waals surface area (Å²) in [5.74, 6) is -0.741.